The molecule has 0 spiro atoms. The van der Waals surface area contributed by atoms with Gasteiger partial charge in [-0.15, -0.1) is 4.52 Å². The highest BCUT2D eigenvalue weighted by molar-refractivity contribution is 6.03. The van der Waals surface area contributed by atoms with Gasteiger partial charge >= 0.3 is 5.65 Å². The molecule has 0 radical (unpaired) electrons. The number of aryl methyl sites for hydroxylation is 1. The van der Waals surface area contributed by atoms with Gasteiger partial charge in [0.25, 0.3) is 11.5 Å². The molecule has 1 unspecified atom stereocenters. The quantitative estimate of drug-likeness (QED) is 0.166. The fourth-order valence-corrected chi connectivity index (χ4v) is 5.97. The number of carbonyl (C=O) groups excluding carboxylic acids is 1. The number of nitrogens with one attached hydrogen (secondary N) is 2. The number of aromatic amines is 1. The molecule has 0 saturated carbocycles. The van der Waals surface area contributed by atoms with Gasteiger partial charge in [-0.3, -0.25) is 18.8 Å². The lowest BCUT2D eigenvalue weighted by Gasteiger charge is -2.21. The monoisotopic (exact) mass is 628 g/mol. The largest absolute Gasteiger partial charge is 0.382 e. The molecule has 11 nitrogen and oxygen atoms in total. The molecule has 47 heavy (non-hydrogen) atoms. The van der Waals surface area contributed by atoms with Gasteiger partial charge < -0.3 is 16.0 Å². The van der Waals surface area contributed by atoms with Crippen molar-refractivity contribution in [2.24, 2.45) is 7.05 Å². The summed E-state index contributed by atoms with van der Waals surface area (Å²) in [7, 11) is 1.93. The number of rotatable bonds is 9. The van der Waals surface area contributed by atoms with Crippen LogP contribution >= 0.6 is 0 Å². The van der Waals surface area contributed by atoms with E-state index in [0.29, 0.717) is 28.0 Å². The summed E-state index contributed by atoms with van der Waals surface area (Å²) in [5.74, 6) is 6.38. The molecule has 0 fully saturated rings. The summed E-state index contributed by atoms with van der Waals surface area (Å²) in [6.45, 7) is 9.04. The Morgan fingerprint density at radius 2 is 1.85 bits per heavy atom. The number of para-hydroxylation sites is 1. The zero-order valence-corrected chi connectivity index (χ0v) is 27.0. The molecule has 0 saturated heterocycles. The number of likely N-dealkylation sites (N-methyl/N-ethyl adjacent to an activating group) is 1. The summed E-state index contributed by atoms with van der Waals surface area (Å²) in [6, 6.07) is 18.2. The van der Waals surface area contributed by atoms with Crippen LogP contribution in [0.15, 0.2) is 84.0 Å². The van der Waals surface area contributed by atoms with E-state index < -0.39 is 11.9 Å². The minimum Gasteiger partial charge on any atom is -0.382 e. The van der Waals surface area contributed by atoms with Gasteiger partial charge in [-0.25, -0.2) is 5.10 Å². The van der Waals surface area contributed by atoms with Gasteiger partial charge in [-0.2, -0.15) is 5.10 Å². The van der Waals surface area contributed by atoms with E-state index in [-0.39, 0.29) is 16.9 Å². The minimum atomic E-state index is -0.573. The molecule has 0 bridgehead atoms. The van der Waals surface area contributed by atoms with Crippen LogP contribution in [0.2, 0.25) is 0 Å². The number of pyridine rings is 1. The van der Waals surface area contributed by atoms with Crippen LogP contribution in [0.25, 0.3) is 22.1 Å². The van der Waals surface area contributed by atoms with E-state index >= 15 is 0 Å². The summed E-state index contributed by atoms with van der Waals surface area (Å²) in [5.41, 5.74) is 10.4. The number of hydrogen-bond acceptors (Lipinski definition) is 6. The van der Waals surface area contributed by atoms with Gasteiger partial charge in [0.15, 0.2) is 11.4 Å². The van der Waals surface area contributed by atoms with Crippen LogP contribution in [-0.4, -0.2) is 54.9 Å². The predicted molar refractivity (Wildman–Crippen MR) is 182 cm³/mol. The summed E-state index contributed by atoms with van der Waals surface area (Å²) >= 11 is 0. The van der Waals surface area contributed by atoms with Gasteiger partial charge in [0, 0.05) is 43.0 Å². The van der Waals surface area contributed by atoms with Crippen LogP contribution in [0.1, 0.15) is 59.7 Å². The zero-order valence-electron chi connectivity index (χ0n) is 27.0. The molecule has 6 aromatic rings. The highest BCUT2D eigenvalue weighted by Crippen LogP contribution is 2.24. The Hall–Kier alpha value is -5.73. The number of H-pyrrole nitrogens is 1. The Labute approximate surface area is 272 Å². The molecule has 0 aliphatic heterocycles. The number of anilines is 1. The van der Waals surface area contributed by atoms with Crippen LogP contribution in [0.5, 0.6) is 0 Å². The molecule has 4 heterocycles. The first-order valence-corrected chi connectivity index (χ1v) is 15.7. The van der Waals surface area contributed by atoms with Gasteiger partial charge in [-0.1, -0.05) is 56.0 Å². The number of carbonyl (C=O) groups is 1. The second kappa shape index (κ2) is 13.3. The Bertz CT molecular complexity index is 2200. The molecule has 6 rings (SSSR count). The van der Waals surface area contributed by atoms with Crippen LogP contribution in [0, 0.1) is 11.8 Å². The number of hydrogen-bond donors (Lipinski definition) is 3. The van der Waals surface area contributed by atoms with Crippen molar-refractivity contribution in [3.63, 3.8) is 0 Å². The molecule has 4 aromatic heterocycles. The van der Waals surface area contributed by atoms with Crippen molar-refractivity contribution >= 4 is 28.1 Å². The van der Waals surface area contributed by atoms with Crippen molar-refractivity contribution in [3.8, 4) is 17.5 Å². The fourth-order valence-electron chi connectivity index (χ4n) is 5.97. The summed E-state index contributed by atoms with van der Waals surface area (Å²) < 4.78 is 5.11. The number of nitrogens with two attached hydrogens (primary N) is 1. The van der Waals surface area contributed by atoms with E-state index in [1.807, 2.05) is 73.3 Å². The Morgan fingerprint density at radius 3 is 2.62 bits per heavy atom. The van der Waals surface area contributed by atoms with E-state index in [0.717, 1.165) is 42.7 Å². The molecule has 2 aromatic carbocycles. The van der Waals surface area contributed by atoms with E-state index in [1.54, 1.807) is 33.7 Å². The van der Waals surface area contributed by atoms with Crippen LogP contribution < -0.4 is 21.1 Å². The lowest BCUT2D eigenvalue weighted by Crippen LogP contribution is -2.33. The minimum absolute atomic E-state index is 0.195. The van der Waals surface area contributed by atoms with Crippen LogP contribution in [0.3, 0.4) is 0 Å². The highest BCUT2D eigenvalue weighted by Gasteiger charge is 2.27. The summed E-state index contributed by atoms with van der Waals surface area (Å²) in [5, 5.41) is 11.7. The third kappa shape index (κ3) is 6.11. The van der Waals surface area contributed by atoms with Crippen molar-refractivity contribution in [2.45, 2.75) is 33.2 Å². The SMILES string of the molecule is CCN(CC)CCc1c(C#Cc2cccc3cc(C(C)NC(=O)c4c(N)[nH][n+]5cccnc45)n(-c4ccccc4)c(=O)c23)cnn1C. The number of fused-ring (bicyclic) bond motifs is 2. The molecule has 11 heteroatoms. The van der Waals surface area contributed by atoms with E-state index in [2.05, 4.69) is 51.1 Å². The molecule has 238 valence electrons. The van der Waals surface area contributed by atoms with Crippen LogP contribution in [0.4, 0.5) is 5.82 Å². The standard InChI is InChI=1S/C36H37N9O2/c1-5-43(6-2)21-18-29-27(23-39-42(29)4)17-16-25-12-10-13-26-22-30(45(36(47)31(25)26)28-14-8-7-9-15-28)24(3)40-35(46)32-33(37)41-44-20-11-19-38-34(32)44/h7-15,19-20,22-24H,5-6,18,21H2,1-4H3,(H3,37,40,41,46)/p+1. The van der Waals surface area contributed by atoms with Gasteiger partial charge in [-0.05, 0) is 54.6 Å². The first kappa shape index (κ1) is 31.3. The lowest BCUT2D eigenvalue weighted by molar-refractivity contribution is -0.577. The normalized spacial score (nSPS) is 11.9. The molecule has 0 aliphatic carbocycles. The fraction of sp³-hybridized carbons (Fsp3) is 0.250. The smallest absolute Gasteiger partial charge is 0.362 e. The highest BCUT2D eigenvalue weighted by atomic mass is 16.2. The molecular formula is C36H38N9O2+. The summed E-state index contributed by atoms with van der Waals surface area (Å²) in [4.78, 5) is 34.7. The number of benzene rings is 2. The number of aromatic nitrogens is 6. The number of nitrogen functional groups attached to an aromatic ring is 1. The Kier molecular flexibility index (Phi) is 8.86. The van der Waals surface area contributed by atoms with Gasteiger partial charge in [0.05, 0.1) is 28.9 Å². The molecule has 0 aliphatic rings. The van der Waals surface area contributed by atoms with Crippen molar-refractivity contribution in [2.75, 3.05) is 25.4 Å². The maximum absolute atomic E-state index is 14.5. The molecule has 1 atom stereocenters. The van der Waals surface area contributed by atoms with Gasteiger partial charge in [0.2, 0.25) is 0 Å². The van der Waals surface area contributed by atoms with Crippen LogP contribution in [-0.2, 0) is 13.5 Å². The molecule has 1 amide bonds. The third-order valence-corrected chi connectivity index (χ3v) is 8.54. The van der Waals surface area contributed by atoms with Crippen molar-refractivity contribution in [3.05, 3.63) is 118 Å². The maximum atomic E-state index is 14.5. The van der Waals surface area contributed by atoms with Crippen molar-refractivity contribution in [1.29, 1.82) is 0 Å². The molecular weight excluding hydrogens is 590 g/mol. The van der Waals surface area contributed by atoms with Crippen molar-refractivity contribution < 1.29 is 9.31 Å². The van der Waals surface area contributed by atoms with Crippen molar-refractivity contribution in [1.82, 2.24) is 34.6 Å². The zero-order chi connectivity index (χ0) is 33.1. The third-order valence-electron chi connectivity index (χ3n) is 8.54. The van der Waals surface area contributed by atoms with E-state index in [1.165, 1.54) is 0 Å². The van der Waals surface area contributed by atoms with E-state index in [9.17, 15) is 9.59 Å². The Balaban J connectivity index is 1.42. The lowest BCUT2D eigenvalue weighted by atomic mass is 10.0. The summed E-state index contributed by atoms with van der Waals surface area (Å²) in [6.07, 6.45) is 5.94. The second-order valence-corrected chi connectivity index (χ2v) is 11.4. The topological polar surface area (TPSA) is 131 Å². The first-order valence-electron chi connectivity index (χ1n) is 15.7. The number of nitrogens with zero attached hydrogens (tertiary/aromatic N) is 6. The second-order valence-electron chi connectivity index (χ2n) is 11.4. The first-order chi connectivity index (χ1) is 22.8. The number of amides is 1. The molecule has 4 N–H and O–H groups in total. The predicted octanol–water partition coefficient (Wildman–Crippen LogP) is 3.54. The Morgan fingerprint density at radius 1 is 1.09 bits per heavy atom. The average molecular weight is 629 g/mol. The average Bonchev–Trinajstić information content (AvgIpc) is 3.61. The maximum Gasteiger partial charge on any atom is 0.362 e. The van der Waals surface area contributed by atoms with Gasteiger partial charge in [0.1, 0.15) is 12.4 Å². The van der Waals surface area contributed by atoms with E-state index in [4.69, 9.17) is 5.73 Å².